The van der Waals surface area contributed by atoms with E-state index in [1.54, 1.807) is 12.3 Å². The van der Waals surface area contributed by atoms with Gasteiger partial charge in [-0.25, -0.2) is 0 Å². The fourth-order valence-electron chi connectivity index (χ4n) is 0.832. The lowest BCUT2D eigenvalue weighted by atomic mass is 10.3. The first-order chi connectivity index (χ1) is 6.24. The molecule has 1 heterocycles. The van der Waals surface area contributed by atoms with Crippen molar-refractivity contribution in [3.05, 3.63) is 22.4 Å². The second kappa shape index (κ2) is 4.67. The Morgan fingerprint density at radius 2 is 2.54 bits per heavy atom. The third-order valence-electron chi connectivity index (χ3n) is 1.43. The van der Waals surface area contributed by atoms with Crippen LogP contribution in [0.15, 0.2) is 16.9 Å². The van der Waals surface area contributed by atoms with Crippen LogP contribution >= 0.6 is 15.9 Å². The largest absolute Gasteiger partial charge is 0.355 e. The molecule has 0 atom stereocenters. The summed E-state index contributed by atoms with van der Waals surface area (Å²) in [5, 5.41) is 10.8. The molecular formula is C8H8BrN3O. The first-order valence-electron chi connectivity index (χ1n) is 3.73. The molecule has 0 radical (unpaired) electrons. The van der Waals surface area contributed by atoms with E-state index in [2.05, 4.69) is 26.2 Å². The highest BCUT2D eigenvalue weighted by atomic mass is 79.9. The quantitative estimate of drug-likeness (QED) is 0.787. The summed E-state index contributed by atoms with van der Waals surface area (Å²) in [7, 11) is 0. The van der Waals surface area contributed by atoms with Gasteiger partial charge in [-0.05, 0) is 22.0 Å². The standard InChI is InChI=1S/C8H8BrN3O/c9-7-4-6(5-12-7)8(13)11-3-1-2-10/h4-5,12H,1,3H2,(H,11,13). The molecule has 0 bridgehead atoms. The van der Waals surface area contributed by atoms with Crippen LogP contribution in [0.25, 0.3) is 0 Å². The SMILES string of the molecule is N#CCCNC(=O)c1c[nH]c(Br)c1. The Morgan fingerprint density at radius 3 is 3.08 bits per heavy atom. The number of hydrogen-bond donors (Lipinski definition) is 2. The van der Waals surface area contributed by atoms with E-state index < -0.39 is 0 Å². The molecule has 0 aliphatic rings. The van der Waals surface area contributed by atoms with Crippen LogP contribution in [0.4, 0.5) is 0 Å². The second-order valence-electron chi connectivity index (χ2n) is 2.40. The first kappa shape index (κ1) is 9.81. The third-order valence-corrected chi connectivity index (χ3v) is 1.89. The average molecular weight is 242 g/mol. The Balaban J connectivity index is 2.45. The maximum absolute atomic E-state index is 11.3. The maximum Gasteiger partial charge on any atom is 0.252 e. The summed E-state index contributed by atoms with van der Waals surface area (Å²) >= 11 is 3.19. The van der Waals surface area contributed by atoms with Crippen molar-refractivity contribution in [2.24, 2.45) is 0 Å². The van der Waals surface area contributed by atoms with Gasteiger partial charge in [0.1, 0.15) is 0 Å². The zero-order valence-corrected chi connectivity index (χ0v) is 8.39. The molecule has 0 unspecified atom stereocenters. The predicted molar refractivity (Wildman–Crippen MR) is 51.1 cm³/mol. The van der Waals surface area contributed by atoms with Crippen LogP contribution in [0, 0.1) is 11.3 Å². The Hall–Kier alpha value is -1.28. The monoisotopic (exact) mass is 241 g/mol. The van der Waals surface area contributed by atoms with Gasteiger partial charge in [-0.15, -0.1) is 0 Å². The minimum absolute atomic E-state index is 0.169. The van der Waals surface area contributed by atoms with Crippen LogP contribution in [-0.4, -0.2) is 17.4 Å². The summed E-state index contributed by atoms with van der Waals surface area (Å²) in [6, 6.07) is 3.63. The maximum atomic E-state index is 11.3. The van der Waals surface area contributed by atoms with Gasteiger partial charge in [-0.1, -0.05) is 0 Å². The van der Waals surface area contributed by atoms with Crippen molar-refractivity contribution in [3.63, 3.8) is 0 Å². The molecule has 0 saturated carbocycles. The summed E-state index contributed by atoms with van der Waals surface area (Å²) in [4.78, 5) is 14.1. The molecule has 0 aliphatic carbocycles. The summed E-state index contributed by atoms with van der Waals surface area (Å²) in [5.74, 6) is -0.169. The Morgan fingerprint density at radius 1 is 1.77 bits per heavy atom. The zero-order chi connectivity index (χ0) is 9.68. The number of aromatic amines is 1. The molecule has 0 fully saturated rings. The minimum Gasteiger partial charge on any atom is -0.355 e. The topological polar surface area (TPSA) is 68.7 Å². The van der Waals surface area contributed by atoms with Crippen LogP contribution in [0.5, 0.6) is 0 Å². The second-order valence-corrected chi connectivity index (χ2v) is 3.25. The van der Waals surface area contributed by atoms with Gasteiger partial charge in [0.2, 0.25) is 0 Å². The number of nitrogens with one attached hydrogen (secondary N) is 2. The Kier molecular flexibility index (Phi) is 3.53. The number of amides is 1. The number of hydrogen-bond acceptors (Lipinski definition) is 2. The van der Waals surface area contributed by atoms with Crippen molar-refractivity contribution >= 4 is 21.8 Å². The molecule has 1 amide bonds. The molecule has 4 nitrogen and oxygen atoms in total. The smallest absolute Gasteiger partial charge is 0.252 e. The molecule has 1 aromatic heterocycles. The Labute approximate surface area is 84.1 Å². The van der Waals surface area contributed by atoms with E-state index in [4.69, 9.17) is 5.26 Å². The van der Waals surface area contributed by atoms with E-state index in [0.29, 0.717) is 18.5 Å². The fraction of sp³-hybridized carbons (Fsp3) is 0.250. The molecular weight excluding hydrogens is 234 g/mol. The van der Waals surface area contributed by atoms with Gasteiger partial charge in [0.15, 0.2) is 0 Å². The summed E-state index contributed by atoms with van der Waals surface area (Å²) in [6.45, 7) is 0.387. The van der Waals surface area contributed by atoms with E-state index in [1.165, 1.54) is 0 Å². The van der Waals surface area contributed by atoms with E-state index in [1.807, 2.05) is 6.07 Å². The highest BCUT2D eigenvalue weighted by Gasteiger charge is 2.05. The lowest BCUT2D eigenvalue weighted by molar-refractivity contribution is 0.0954. The summed E-state index contributed by atoms with van der Waals surface area (Å²) in [6.07, 6.45) is 1.93. The van der Waals surface area contributed by atoms with Crippen molar-refractivity contribution in [3.8, 4) is 6.07 Å². The molecule has 0 aliphatic heterocycles. The Bertz CT molecular complexity index is 339. The van der Waals surface area contributed by atoms with Gasteiger partial charge in [-0.2, -0.15) is 5.26 Å². The molecule has 1 aromatic rings. The van der Waals surface area contributed by atoms with E-state index in [-0.39, 0.29) is 5.91 Å². The van der Waals surface area contributed by atoms with Gasteiger partial charge in [0.05, 0.1) is 22.7 Å². The highest BCUT2D eigenvalue weighted by Crippen LogP contribution is 2.09. The lowest BCUT2D eigenvalue weighted by Crippen LogP contribution is -2.23. The number of rotatable bonds is 3. The molecule has 0 spiro atoms. The minimum atomic E-state index is -0.169. The van der Waals surface area contributed by atoms with Crippen molar-refractivity contribution in [1.82, 2.24) is 10.3 Å². The van der Waals surface area contributed by atoms with Crippen molar-refractivity contribution < 1.29 is 4.79 Å². The summed E-state index contributed by atoms with van der Waals surface area (Å²) in [5.41, 5.74) is 0.560. The van der Waals surface area contributed by atoms with Gasteiger partial charge in [0, 0.05) is 12.7 Å². The van der Waals surface area contributed by atoms with Crippen molar-refractivity contribution in [2.75, 3.05) is 6.54 Å². The lowest BCUT2D eigenvalue weighted by Gasteiger charge is -1.98. The fourth-order valence-corrected chi connectivity index (χ4v) is 1.19. The molecule has 2 N–H and O–H groups in total. The van der Waals surface area contributed by atoms with Crippen LogP contribution < -0.4 is 5.32 Å². The molecule has 13 heavy (non-hydrogen) atoms. The summed E-state index contributed by atoms with van der Waals surface area (Å²) < 4.78 is 0.762. The van der Waals surface area contributed by atoms with E-state index in [9.17, 15) is 4.79 Å². The number of H-pyrrole nitrogens is 1. The third kappa shape index (κ3) is 2.92. The average Bonchev–Trinajstić information content (AvgIpc) is 2.52. The number of halogens is 1. The normalized spacial score (nSPS) is 9.23. The van der Waals surface area contributed by atoms with E-state index in [0.717, 1.165) is 4.60 Å². The molecule has 0 aromatic carbocycles. The van der Waals surface area contributed by atoms with Crippen molar-refractivity contribution in [1.29, 1.82) is 5.26 Å². The number of carbonyl (C=O) groups is 1. The predicted octanol–water partition coefficient (Wildman–Crippen LogP) is 1.42. The first-order valence-corrected chi connectivity index (χ1v) is 4.52. The molecule has 0 saturated heterocycles. The van der Waals surface area contributed by atoms with Crippen LogP contribution in [0.2, 0.25) is 0 Å². The zero-order valence-electron chi connectivity index (χ0n) is 6.80. The number of nitriles is 1. The number of nitrogens with zero attached hydrogens (tertiary/aromatic N) is 1. The number of aromatic nitrogens is 1. The van der Waals surface area contributed by atoms with Gasteiger partial charge >= 0.3 is 0 Å². The van der Waals surface area contributed by atoms with Crippen LogP contribution in [0.1, 0.15) is 16.8 Å². The van der Waals surface area contributed by atoms with E-state index >= 15 is 0 Å². The van der Waals surface area contributed by atoms with Gasteiger partial charge < -0.3 is 10.3 Å². The molecule has 1 rings (SSSR count). The van der Waals surface area contributed by atoms with Crippen molar-refractivity contribution in [2.45, 2.75) is 6.42 Å². The van der Waals surface area contributed by atoms with Gasteiger partial charge in [-0.3, -0.25) is 4.79 Å². The van der Waals surface area contributed by atoms with Crippen LogP contribution in [-0.2, 0) is 0 Å². The highest BCUT2D eigenvalue weighted by molar-refractivity contribution is 9.10. The van der Waals surface area contributed by atoms with Crippen LogP contribution in [0.3, 0.4) is 0 Å². The molecule has 5 heteroatoms. The molecule has 68 valence electrons. The van der Waals surface area contributed by atoms with Gasteiger partial charge in [0.25, 0.3) is 5.91 Å². The number of carbonyl (C=O) groups excluding carboxylic acids is 1.